The molecule has 0 atom stereocenters. The Labute approximate surface area is 146 Å². The van der Waals surface area contributed by atoms with E-state index in [1.165, 1.54) is 24.8 Å². The number of aromatic hydroxyl groups is 1. The van der Waals surface area contributed by atoms with E-state index in [-0.39, 0.29) is 24.7 Å². The smallest absolute Gasteiger partial charge is 0.310 e. The van der Waals surface area contributed by atoms with Gasteiger partial charge in [-0.3, -0.25) is 9.59 Å². The number of ether oxygens (including phenoxy) is 1. The zero-order chi connectivity index (χ0) is 17.6. The van der Waals surface area contributed by atoms with Gasteiger partial charge in [0.05, 0.1) is 12.7 Å². The van der Waals surface area contributed by atoms with E-state index in [1.807, 2.05) is 0 Å². The van der Waals surface area contributed by atoms with Gasteiger partial charge in [-0.15, -0.1) is 0 Å². The van der Waals surface area contributed by atoms with Crippen molar-refractivity contribution < 1.29 is 23.8 Å². The first-order valence-electron chi connectivity index (χ1n) is 8.76. The lowest BCUT2D eigenvalue weighted by molar-refractivity contribution is -0.151. The number of carbonyl (C=O) groups excluding carboxylic acids is 2. The molecule has 0 aliphatic carbocycles. The SMILES string of the molecule is O=C(Cc1coc2cc(O)ccc12)OCC(=O)N1CCCCCCC1. The summed E-state index contributed by atoms with van der Waals surface area (Å²) in [4.78, 5) is 26.1. The predicted molar refractivity (Wildman–Crippen MR) is 92.2 cm³/mol. The molecule has 1 aromatic heterocycles. The summed E-state index contributed by atoms with van der Waals surface area (Å²) in [7, 11) is 0. The molecule has 0 unspecified atom stereocenters. The molecule has 0 bridgehead atoms. The summed E-state index contributed by atoms with van der Waals surface area (Å²) in [6.45, 7) is 1.27. The van der Waals surface area contributed by atoms with Crippen LogP contribution in [0.25, 0.3) is 11.0 Å². The van der Waals surface area contributed by atoms with Crippen molar-refractivity contribution in [2.75, 3.05) is 19.7 Å². The standard InChI is InChI=1S/C19H23NO5/c21-15-6-7-16-14(12-24-17(16)11-15)10-19(23)25-13-18(22)20-8-4-2-1-3-5-9-20/h6-7,11-12,21H,1-5,8-10,13H2. The Kier molecular flexibility index (Phi) is 5.58. The molecule has 1 fully saturated rings. The number of esters is 1. The van der Waals surface area contributed by atoms with Crippen LogP contribution < -0.4 is 0 Å². The monoisotopic (exact) mass is 345 g/mol. The number of rotatable bonds is 4. The van der Waals surface area contributed by atoms with Crippen molar-refractivity contribution in [2.24, 2.45) is 0 Å². The van der Waals surface area contributed by atoms with Crippen molar-refractivity contribution in [3.05, 3.63) is 30.0 Å². The number of carbonyl (C=O) groups is 2. The van der Waals surface area contributed by atoms with E-state index in [2.05, 4.69) is 0 Å². The summed E-state index contributed by atoms with van der Waals surface area (Å²) >= 11 is 0. The lowest BCUT2D eigenvalue weighted by atomic mass is 10.1. The second-order valence-corrected chi connectivity index (χ2v) is 6.43. The van der Waals surface area contributed by atoms with Gasteiger partial charge >= 0.3 is 5.97 Å². The molecule has 0 radical (unpaired) electrons. The highest BCUT2D eigenvalue weighted by atomic mass is 16.5. The van der Waals surface area contributed by atoms with E-state index < -0.39 is 5.97 Å². The number of furan rings is 1. The largest absolute Gasteiger partial charge is 0.508 e. The fourth-order valence-electron chi connectivity index (χ4n) is 3.15. The molecule has 0 spiro atoms. The number of amides is 1. The highest BCUT2D eigenvalue weighted by Crippen LogP contribution is 2.25. The summed E-state index contributed by atoms with van der Waals surface area (Å²) in [5.74, 6) is -0.483. The normalized spacial score (nSPS) is 15.6. The summed E-state index contributed by atoms with van der Waals surface area (Å²) < 4.78 is 10.5. The average molecular weight is 345 g/mol. The van der Waals surface area contributed by atoms with Gasteiger partial charge in [-0.2, -0.15) is 0 Å². The predicted octanol–water partition coefficient (Wildman–Crippen LogP) is 3.02. The van der Waals surface area contributed by atoms with E-state index in [0.717, 1.165) is 44.2 Å². The molecule has 2 heterocycles. The van der Waals surface area contributed by atoms with E-state index >= 15 is 0 Å². The van der Waals surface area contributed by atoms with Crippen LogP contribution in [0.15, 0.2) is 28.9 Å². The number of hydrogen-bond donors (Lipinski definition) is 1. The molecule has 1 N–H and O–H groups in total. The summed E-state index contributed by atoms with van der Waals surface area (Å²) in [5.41, 5.74) is 1.19. The van der Waals surface area contributed by atoms with Gasteiger partial charge in [0.25, 0.3) is 5.91 Å². The van der Waals surface area contributed by atoms with Gasteiger partial charge < -0.3 is 19.2 Å². The number of phenols is 1. The lowest BCUT2D eigenvalue weighted by Gasteiger charge is -2.24. The minimum atomic E-state index is -0.462. The van der Waals surface area contributed by atoms with Gasteiger partial charge in [0.2, 0.25) is 0 Å². The van der Waals surface area contributed by atoms with Crippen LogP contribution in [0.2, 0.25) is 0 Å². The summed E-state index contributed by atoms with van der Waals surface area (Å²) in [6.07, 6.45) is 7.05. The summed E-state index contributed by atoms with van der Waals surface area (Å²) in [6, 6.07) is 4.73. The Morgan fingerprint density at radius 1 is 1.12 bits per heavy atom. The molecule has 6 nitrogen and oxygen atoms in total. The van der Waals surface area contributed by atoms with Crippen molar-refractivity contribution in [1.82, 2.24) is 4.90 Å². The molecule has 0 saturated carbocycles. The molecular formula is C19H23NO5. The number of phenolic OH excluding ortho intramolecular Hbond substituents is 1. The Balaban J connectivity index is 1.52. The van der Waals surface area contributed by atoms with E-state index in [0.29, 0.717) is 11.1 Å². The molecule has 3 rings (SSSR count). The van der Waals surface area contributed by atoms with Crippen LogP contribution in [-0.2, 0) is 20.7 Å². The minimum Gasteiger partial charge on any atom is -0.508 e. The number of likely N-dealkylation sites (tertiary alicyclic amines) is 1. The third-order valence-corrected chi connectivity index (χ3v) is 4.54. The van der Waals surface area contributed by atoms with Gasteiger partial charge in [0, 0.05) is 30.1 Å². The first kappa shape index (κ1) is 17.3. The molecule has 1 aliphatic rings. The molecular weight excluding hydrogens is 322 g/mol. The van der Waals surface area contributed by atoms with Crippen LogP contribution >= 0.6 is 0 Å². The number of fused-ring (bicyclic) bond motifs is 1. The number of benzene rings is 1. The zero-order valence-electron chi connectivity index (χ0n) is 14.2. The average Bonchev–Trinajstić information content (AvgIpc) is 2.94. The fraction of sp³-hybridized carbons (Fsp3) is 0.474. The van der Waals surface area contributed by atoms with Crippen LogP contribution in [0.3, 0.4) is 0 Å². The van der Waals surface area contributed by atoms with Crippen molar-refractivity contribution in [2.45, 2.75) is 38.5 Å². The van der Waals surface area contributed by atoms with Crippen LogP contribution in [0.5, 0.6) is 5.75 Å². The van der Waals surface area contributed by atoms with Crippen molar-refractivity contribution in [3.8, 4) is 5.75 Å². The first-order chi connectivity index (χ1) is 12.1. The molecule has 1 aromatic carbocycles. The van der Waals surface area contributed by atoms with Crippen molar-refractivity contribution in [1.29, 1.82) is 0 Å². The van der Waals surface area contributed by atoms with Gasteiger partial charge in [-0.1, -0.05) is 19.3 Å². The Morgan fingerprint density at radius 3 is 2.60 bits per heavy atom. The topological polar surface area (TPSA) is 80.0 Å². The molecule has 25 heavy (non-hydrogen) atoms. The van der Waals surface area contributed by atoms with Crippen LogP contribution in [0.1, 0.15) is 37.7 Å². The maximum atomic E-state index is 12.2. The van der Waals surface area contributed by atoms with Crippen LogP contribution in [-0.4, -0.2) is 41.6 Å². The van der Waals surface area contributed by atoms with Crippen molar-refractivity contribution >= 4 is 22.8 Å². The van der Waals surface area contributed by atoms with Gasteiger partial charge in [0.1, 0.15) is 11.3 Å². The third-order valence-electron chi connectivity index (χ3n) is 4.54. The van der Waals surface area contributed by atoms with E-state index in [9.17, 15) is 14.7 Å². The maximum absolute atomic E-state index is 12.2. The molecule has 1 aliphatic heterocycles. The minimum absolute atomic E-state index is 0.0328. The number of nitrogens with zero attached hydrogens (tertiary/aromatic N) is 1. The zero-order valence-corrected chi connectivity index (χ0v) is 14.2. The lowest BCUT2D eigenvalue weighted by Crippen LogP contribution is -2.37. The van der Waals surface area contributed by atoms with Crippen LogP contribution in [0, 0.1) is 0 Å². The second-order valence-electron chi connectivity index (χ2n) is 6.43. The highest BCUT2D eigenvalue weighted by molar-refractivity contribution is 5.87. The van der Waals surface area contributed by atoms with Gasteiger partial charge in [-0.05, 0) is 25.0 Å². The Morgan fingerprint density at radius 2 is 1.84 bits per heavy atom. The molecule has 1 amide bonds. The molecule has 1 saturated heterocycles. The van der Waals surface area contributed by atoms with E-state index in [4.69, 9.17) is 9.15 Å². The van der Waals surface area contributed by atoms with Gasteiger partial charge in [0.15, 0.2) is 6.61 Å². The summed E-state index contributed by atoms with van der Waals surface area (Å²) in [5, 5.41) is 10.2. The molecule has 134 valence electrons. The van der Waals surface area contributed by atoms with E-state index in [1.54, 1.807) is 11.0 Å². The van der Waals surface area contributed by atoms with Gasteiger partial charge in [-0.25, -0.2) is 0 Å². The Hall–Kier alpha value is -2.50. The number of hydrogen-bond acceptors (Lipinski definition) is 5. The molecule has 6 heteroatoms. The maximum Gasteiger partial charge on any atom is 0.310 e. The molecule has 2 aromatic rings. The second kappa shape index (κ2) is 8.05. The third kappa shape index (κ3) is 4.53. The quantitative estimate of drug-likeness (QED) is 0.862. The highest BCUT2D eigenvalue weighted by Gasteiger charge is 2.18. The first-order valence-corrected chi connectivity index (χ1v) is 8.76. The van der Waals surface area contributed by atoms with Crippen molar-refractivity contribution in [3.63, 3.8) is 0 Å². The van der Waals surface area contributed by atoms with Crippen LogP contribution in [0.4, 0.5) is 0 Å². The Bertz CT molecular complexity index is 743. The fourth-order valence-corrected chi connectivity index (χ4v) is 3.15.